The third kappa shape index (κ3) is 7.69. The summed E-state index contributed by atoms with van der Waals surface area (Å²) in [5.74, 6) is 3.68. The van der Waals surface area contributed by atoms with Crippen LogP contribution < -0.4 is 14.8 Å². The van der Waals surface area contributed by atoms with Gasteiger partial charge in [0, 0.05) is 55.2 Å². The van der Waals surface area contributed by atoms with Crippen LogP contribution in [0.5, 0.6) is 11.5 Å². The molecule has 2 aromatic rings. The lowest BCUT2D eigenvalue weighted by Gasteiger charge is -2.25. The van der Waals surface area contributed by atoms with E-state index in [4.69, 9.17) is 19.3 Å². The van der Waals surface area contributed by atoms with Crippen molar-refractivity contribution in [2.24, 2.45) is 5.10 Å². The molecule has 2 aliphatic heterocycles. The Bertz CT molecular complexity index is 1190. The van der Waals surface area contributed by atoms with Gasteiger partial charge in [-0.3, -0.25) is 15.0 Å². The van der Waals surface area contributed by atoms with Crippen molar-refractivity contribution in [1.29, 1.82) is 0 Å². The summed E-state index contributed by atoms with van der Waals surface area (Å²) >= 11 is 1.96. The molecule has 9 nitrogen and oxygen atoms in total. The summed E-state index contributed by atoms with van der Waals surface area (Å²) in [7, 11) is 1.65. The van der Waals surface area contributed by atoms with Crippen LogP contribution in [0, 0.1) is 0 Å². The first-order valence-corrected chi connectivity index (χ1v) is 15.3. The second-order valence-electron chi connectivity index (χ2n) is 10.3. The topological polar surface area (TPSA) is 92.7 Å². The number of nitrogens with one attached hydrogen (secondary N) is 1. The summed E-state index contributed by atoms with van der Waals surface area (Å²) in [6, 6.07) is 13.3. The van der Waals surface area contributed by atoms with Crippen molar-refractivity contribution < 1.29 is 23.8 Å². The van der Waals surface area contributed by atoms with Gasteiger partial charge in [-0.15, -0.1) is 0 Å². The molecule has 0 aromatic heterocycles. The molecule has 2 aromatic carbocycles. The Kier molecular flexibility index (Phi) is 9.83. The number of hydrazone groups is 1. The van der Waals surface area contributed by atoms with Gasteiger partial charge in [0.1, 0.15) is 6.61 Å². The number of amides is 2. The predicted octanol–water partition coefficient (Wildman–Crippen LogP) is 5.14. The molecule has 1 N–H and O–H groups in total. The van der Waals surface area contributed by atoms with Crippen LogP contribution in [0.1, 0.15) is 49.7 Å². The van der Waals surface area contributed by atoms with E-state index in [1.165, 1.54) is 17.9 Å². The molecule has 1 saturated heterocycles. The lowest BCUT2D eigenvalue weighted by molar-refractivity contribution is -0.132. The van der Waals surface area contributed by atoms with Crippen LogP contribution in [0.25, 0.3) is 0 Å². The first kappa shape index (κ1) is 28.3. The number of carbonyl (C=O) groups excluding carboxylic acids is 2. The first-order valence-electron chi connectivity index (χ1n) is 14.1. The average Bonchev–Trinajstić information content (AvgIpc) is 3.49. The van der Waals surface area contributed by atoms with Gasteiger partial charge >= 0.3 is 6.09 Å². The van der Waals surface area contributed by atoms with E-state index in [2.05, 4.69) is 10.2 Å². The normalized spacial score (nSPS) is 18.4. The summed E-state index contributed by atoms with van der Waals surface area (Å²) in [6.45, 7) is 3.55. The number of thioether (sulfide) groups is 1. The Balaban J connectivity index is 1.17. The number of nitrogens with zero attached hydrogens (tertiary/aromatic N) is 3. The van der Waals surface area contributed by atoms with Crippen molar-refractivity contribution in [2.45, 2.75) is 51.2 Å². The maximum atomic E-state index is 12.7. The Labute approximate surface area is 240 Å². The molecule has 10 heteroatoms. The van der Waals surface area contributed by atoms with E-state index in [0.29, 0.717) is 37.4 Å². The fourth-order valence-corrected chi connectivity index (χ4v) is 6.16. The summed E-state index contributed by atoms with van der Waals surface area (Å²) < 4.78 is 17.1. The number of anilines is 1. The molecule has 5 rings (SSSR count). The number of carbonyl (C=O) groups is 2. The molecule has 1 saturated carbocycles. The number of hydrogen-bond acceptors (Lipinski definition) is 8. The van der Waals surface area contributed by atoms with E-state index in [1.54, 1.807) is 7.11 Å². The van der Waals surface area contributed by atoms with Crippen LogP contribution in [0.2, 0.25) is 0 Å². The smallest absolute Gasteiger partial charge is 0.411 e. The highest BCUT2D eigenvalue weighted by molar-refractivity contribution is 7.99. The Morgan fingerprint density at radius 1 is 1.05 bits per heavy atom. The Hall–Kier alpha value is -3.24. The second kappa shape index (κ2) is 13.9. The summed E-state index contributed by atoms with van der Waals surface area (Å²) in [5.41, 5.74) is 3.34. The number of rotatable bonds is 10. The van der Waals surface area contributed by atoms with Gasteiger partial charge in [0.05, 0.1) is 25.5 Å². The SMILES string of the molecule is COc1ccc(C2=NN(Cc3ccc(NC(=O)OCCN4CCSCC4)cc3)C(=O)CC2)cc1OC1CCCC1. The molecule has 2 heterocycles. The largest absolute Gasteiger partial charge is 0.493 e. The minimum atomic E-state index is -0.463. The number of ether oxygens (including phenoxy) is 3. The molecule has 0 radical (unpaired) electrons. The van der Waals surface area contributed by atoms with E-state index < -0.39 is 6.09 Å². The zero-order chi connectivity index (χ0) is 27.7. The molecule has 1 aliphatic carbocycles. The van der Waals surface area contributed by atoms with Gasteiger partial charge in [0.2, 0.25) is 5.91 Å². The molecule has 40 heavy (non-hydrogen) atoms. The van der Waals surface area contributed by atoms with Crippen molar-refractivity contribution in [3.05, 3.63) is 53.6 Å². The number of methoxy groups -OCH3 is 1. The van der Waals surface area contributed by atoms with Crippen LogP contribution in [0.4, 0.5) is 10.5 Å². The highest BCUT2D eigenvalue weighted by atomic mass is 32.2. The molecule has 2 amide bonds. The fourth-order valence-electron chi connectivity index (χ4n) is 5.18. The summed E-state index contributed by atoms with van der Waals surface area (Å²) in [5, 5.41) is 9.01. The first-order chi connectivity index (χ1) is 19.6. The molecule has 0 spiro atoms. The lowest BCUT2D eigenvalue weighted by Crippen LogP contribution is -2.35. The van der Waals surface area contributed by atoms with Crippen LogP contribution in [-0.4, -0.2) is 78.6 Å². The zero-order valence-corrected chi connectivity index (χ0v) is 23.9. The van der Waals surface area contributed by atoms with E-state index >= 15 is 0 Å². The van der Waals surface area contributed by atoms with Crippen molar-refractivity contribution >= 4 is 35.2 Å². The van der Waals surface area contributed by atoms with E-state index in [9.17, 15) is 9.59 Å². The van der Waals surface area contributed by atoms with Crippen LogP contribution in [-0.2, 0) is 16.1 Å². The standard InChI is InChI=1S/C30H38N4O5S/c1-37-27-12-8-23(20-28(27)39-25-4-2-3-5-25)26-11-13-29(35)34(32-26)21-22-6-9-24(10-7-22)31-30(36)38-17-14-33-15-18-40-19-16-33/h6-10,12,20,25H,2-5,11,13-19,21H2,1H3,(H,31,36). The monoisotopic (exact) mass is 566 g/mol. The van der Waals surface area contributed by atoms with Gasteiger partial charge in [0.15, 0.2) is 11.5 Å². The number of hydrogen-bond donors (Lipinski definition) is 1. The molecule has 214 valence electrons. The van der Waals surface area contributed by atoms with Gasteiger partial charge in [0.25, 0.3) is 0 Å². The molecule has 0 bridgehead atoms. The third-order valence-electron chi connectivity index (χ3n) is 7.47. The predicted molar refractivity (Wildman–Crippen MR) is 157 cm³/mol. The van der Waals surface area contributed by atoms with Gasteiger partial charge < -0.3 is 14.2 Å². The highest BCUT2D eigenvalue weighted by Gasteiger charge is 2.24. The van der Waals surface area contributed by atoms with E-state index in [-0.39, 0.29) is 12.0 Å². The lowest BCUT2D eigenvalue weighted by atomic mass is 10.0. The highest BCUT2D eigenvalue weighted by Crippen LogP contribution is 2.33. The summed E-state index contributed by atoms with van der Waals surface area (Å²) in [6.07, 6.45) is 5.22. The van der Waals surface area contributed by atoms with Crippen LogP contribution in [0.3, 0.4) is 0 Å². The molecule has 0 atom stereocenters. The minimum Gasteiger partial charge on any atom is -0.493 e. The zero-order valence-electron chi connectivity index (χ0n) is 23.1. The van der Waals surface area contributed by atoms with E-state index in [0.717, 1.165) is 66.6 Å². The Morgan fingerprint density at radius 2 is 1.82 bits per heavy atom. The van der Waals surface area contributed by atoms with Crippen molar-refractivity contribution in [1.82, 2.24) is 9.91 Å². The van der Waals surface area contributed by atoms with Gasteiger partial charge in [-0.1, -0.05) is 12.1 Å². The molecular formula is C30H38N4O5S. The minimum absolute atomic E-state index is 0.0160. The molecule has 2 fully saturated rings. The fraction of sp³-hybridized carbons (Fsp3) is 0.500. The maximum absolute atomic E-state index is 12.7. The maximum Gasteiger partial charge on any atom is 0.411 e. The molecule has 3 aliphatic rings. The Morgan fingerprint density at radius 3 is 2.58 bits per heavy atom. The second-order valence-corrected chi connectivity index (χ2v) is 11.5. The van der Waals surface area contributed by atoms with Crippen molar-refractivity contribution in [3.8, 4) is 11.5 Å². The van der Waals surface area contributed by atoms with Crippen molar-refractivity contribution in [3.63, 3.8) is 0 Å². The van der Waals surface area contributed by atoms with E-state index in [1.807, 2.05) is 54.2 Å². The van der Waals surface area contributed by atoms with Crippen LogP contribution in [0.15, 0.2) is 47.6 Å². The molecular weight excluding hydrogens is 528 g/mol. The van der Waals surface area contributed by atoms with Crippen molar-refractivity contribution in [2.75, 3.05) is 50.2 Å². The van der Waals surface area contributed by atoms with Gasteiger partial charge in [-0.05, 0) is 61.6 Å². The van der Waals surface area contributed by atoms with Gasteiger partial charge in [-0.25, -0.2) is 9.80 Å². The summed E-state index contributed by atoms with van der Waals surface area (Å²) in [4.78, 5) is 27.2. The number of benzene rings is 2. The quantitative estimate of drug-likeness (QED) is 0.426. The molecule has 0 unspecified atom stereocenters. The van der Waals surface area contributed by atoms with Crippen LogP contribution >= 0.6 is 11.8 Å². The average molecular weight is 567 g/mol. The van der Waals surface area contributed by atoms with Gasteiger partial charge in [-0.2, -0.15) is 16.9 Å². The third-order valence-corrected chi connectivity index (χ3v) is 8.42.